The standard InChI is InChI=1S/C21H17BrN2O5/c1-3-9-29-18-16(22)11-13(12-17(18)28-2)10-15-19(25)23-21(27)24(20(15)26)14-7-5-4-6-8-14/h3-8,10-12H,1,9H2,2H3,(H,23,25,27). The summed E-state index contributed by atoms with van der Waals surface area (Å²) in [6.45, 7) is 3.89. The van der Waals surface area contributed by atoms with Crippen LogP contribution in [-0.2, 0) is 9.59 Å². The molecule has 8 heteroatoms. The third kappa shape index (κ3) is 4.22. The minimum Gasteiger partial charge on any atom is -0.493 e. The molecule has 2 aromatic rings. The first-order valence-corrected chi connectivity index (χ1v) is 9.33. The summed E-state index contributed by atoms with van der Waals surface area (Å²) in [5, 5.41) is 2.19. The SMILES string of the molecule is C=CCOc1c(Br)cc(C=C2C(=O)NC(=O)N(c3ccccc3)C2=O)cc1OC. The Morgan fingerprint density at radius 3 is 2.55 bits per heavy atom. The number of benzene rings is 2. The first-order valence-electron chi connectivity index (χ1n) is 8.54. The normalized spacial score (nSPS) is 15.3. The Balaban J connectivity index is 2.01. The summed E-state index contributed by atoms with van der Waals surface area (Å²) in [6.07, 6.45) is 2.99. The van der Waals surface area contributed by atoms with Crippen LogP contribution >= 0.6 is 15.9 Å². The van der Waals surface area contributed by atoms with Gasteiger partial charge in [-0.05, 0) is 51.8 Å². The van der Waals surface area contributed by atoms with Crippen molar-refractivity contribution in [3.05, 3.63) is 70.7 Å². The number of nitrogens with zero attached hydrogens (tertiary/aromatic N) is 1. The number of carbonyl (C=O) groups is 3. The van der Waals surface area contributed by atoms with Crippen molar-refractivity contribution in [2.24, 2.45) is 0 Å². The fourth-order valence-electron chi connectivity index (χ4n) is 2.74. The molecule has 7 nitrogen and oxygen atoms in total. The smallest absolute Gasteiger partial charge is 0.335 e. The summed E-state index contributed by atoms with van der Waals surface area (Å²) in [5.41, 5.74) is 0.697. The van der Waals surface area contributed by atoms with Crippen LogP contribution in [0.1, 0.15) is 5.56 Å². The van der Waals surface area contributed by atoms with E-state index >= 15 is 0 Å². The number of hydrogen-bond acceptors (Lipinski definition) is 5. The van der Waals surface area contributed by atoms with Crippen LogP contribution in [0.25, 0.3) is 6.08 Å². The number of methoxy groups -OCH3 is 1. The van der Waals surface area contributed by atoms with E-state index in [4.69, 9.17) is 9.47 Å². The van der Waals surface area contributed by atoms with E-state index in [0.717, 1.165) is 4.90 Å². The zero-order valence-corrected chi connectivity index (χ0v) is 17.1. The number of amides is 4. The second-order valence-corrected chi connectivity index (χ2v) is 6.78. The largest absolute Gasteiger partial charge is 0.493 e. The Labute approximate surface area is 175 Å². The second kappa shape index (κ2) is 8.74. The van der Waals surface area contributed by atoms with Gasteiger partial charge in [0.25, 0.3) is 11.8 Å². The van der Waals surface area contributed by atoms with Gasteiger partial charge in [0.1, 0.15) is 12.2 Å². The maximum Gasteiger partial charge on any atom is 0.335 e. The van der Waals surface area contributed by atoms with Gasteiger partial charge < -0.3 is 9.47 Å². The van der Waals surface area contributed by atoms with Gasteiger partial charge in [-0.2, -0.15) is 0 Å². The van der Waals surface area contributed by atoms with Gasteiger partial charge in [0.15, 0.2) is 11.5 Å². The topological polar surface area (TPSA) is 84.9 Å². The summed E-state index contributed by atoms with van der Waals surface area (Å²) in [5.74, 6) is -0.607. The summed E-state index contributed by atoms with van der Waals surface area (Å²) in [7, 11) is 1.48. The molecule has 148 valence electrons. The number of para-hydroxylation sites is 1. The highest BCUT2D eigenvalue weighted by Gasteiger charge is 2.36. The highest BCUT2D eigenvalue weighted by molar-refractivity contribution is 9.10. The molecule has 2 aromatic carbocycles. The molecular weight excluding hydrogens is 440 g/mol. The molecule has 0 saturated carbocycles. The maximum absolute atomic E-state index is 12.9. The van der Waals surface area contributed by atoms with Crippen molar-refractivity contribution in [2.45, 2.75) is 0 Å². The summed E-state index contributed by atoms with van der Waals surface area (Å²) < 4.78 is 11.5. The van der Waals surface area contributed by atoms with E-state index in [1.165, 1.54) is 13.2 Å². The Morgan fingerprint density at radius 2 is 1.90 bits per heavy atom. The summed E-state index contributed by atoms with van der Waals surface area (Å²) in [6, 6.07) is 10.9. The first-order chi connectivity index (χ1) is 14.0. The number of imide groups is 2. The highest BCUT2D eigenvalue weighted by atomic mass is 79.9. The van der Waals surface area contributed by atoms with Crippen molar-refractivity contribution in [1.29, 1.82) is 0 Å². The Kier molecular flexibility index (Phi) is 6.13. The lowest BCUT2D eigenvalue weighted by molar-refractivity contribution is -0.122. The minimum absolute atomic E-state index is 0.179. The van der Waals surface area contributed by atoms with E-state index in [9.17, 15) is 14.4 Å². The molecule has 1 N–H and O–H groups in total. The van der Waals surface area contributed by atoms with Crippen molar-refractivity contribution < 1.29 is 23.9 Å². The maximum atomic E-state index is 12.9. The number of hydrogen-bond donors (Lipinski definition) is 1. The fraction of sp³-hybridized carbons (Fsp3) is 0.0952. The molecule has 1 aliphatic heterocycles. The summed E-state index contributed by atoms with van der Waals surface area (Å²) >= 11 is 3.40. The van der Waals surface area contributed by atoms with Crippen LogP contribution in [-0.4, -0.2) is 31.6 Å². The number of rotatable bonds is 6. The molecule has 0 aliphatic carbocycles. The van der Waals surface area contributed by atoms with Gasteiger partial charge in [0.05, 0.1) is 17.3 Å². The molecule has 0 spiro atoms. The zero-order valence-electron chi connectivity index (χ0n) is 15.5. The molecule has 1 fully saturated rings. The molecular formula is C21H17BrN2O5. The molecule has 0 bridgehead atoms. The van der Waals surface area contributed by atoms with Gasteiger partial charge in [-0.15, -0.1) is 0 Å². The van der Waals surface area contributed by atoms with Crippen molar-refractivity contribution >= 4 is 45.5 Å². The molecule has 1 heterocycles. The molecule has 3 rings (SSSR count). The lowest BCUT2D eigenvalue weighted by atomic mass is 10.1. The van der Waals surface area contributed by atoms with E-state index in [1.807, 2.05) is 0 Å². The molecule has 0 atom stereocenters. The van der Waals surface area contributed by atoms with Gasteiger partial charge in [-0.1, -0.05) is 30.9 Å². The van der Waals surface area contributed by atoms with Crippen molar-refractivity contribution in [2.75, 3.05) is 18.6 Å². The molecule has 0 unspecified atom stereocenters. The van der Waals surface area contributed by atoms with Crippen LogP contribution < -0.4 is 19.7 Å². The van der Waals surface area contributed by atoms with Gasteiger partial charge in [0.2, 0.25) is 0 Å². The number of urea groups is 1. The first kappa shape index (κ1) is 20.3. The molecule has 0 radical (unpaired) electrons. The predicted molar refractivity (Wildman–Crippen MR) is 112 cm³/mol. The zero-order chi connectivity index (χ0) is 21.0. The van der Waals surface area contributed by atoms with E-state index in [2.05, 4.69) is 27.8 Å². The van der Waals surface area contributed by atoms with Crippen molar-refractivity contribution in [1.82, 2.24) is 5.32 Å². The average molecular weight is 457 g/mol. The van der Waals surface area contributed by atoms with Crippen molar-refractivity contribution in [3.8, 4) is 11.5 Å². The van der Waals surface area contributed by atoms with E-state index in [0.29, 0.717) is 27.2 Å². The van der Waals surface area contributed by atoms with Gasteiger partial charge in [-0.3, -0.25) is 14.9 Å². The third-order valence-corrected chi connectivity index (χ3v) is 4.61. The Morgan fingerprint density at radius 1 is 1.17 bits per heavy atom. The third-order valence-electron chi connectivity index (χ3n) is 4.02. The van der Waals surface area contributed by atoms with Crippen LogP contribution in [0.5, 0.6) is 11.5 Å². The minimum atomic E-state index is -0.796. The van der Waals surface area contributed by atoms with E-state index in [-0.39, 0.29) is 12.2 Å². The predicted octanol–water partition coefficient (Wildman–Crippen LogP) is 3.69. The van der Waals surface area contributed by atoms with E-state index < -0.39 is 17.8 Å². The lowest BCUT2D eigenvalue weighted by Gasteiger charge is -2.26. The lowest BCUT2D eigenvalue weighted by Crippen LogP contribution is -2.54. The molecule has 4 amide bonds. The van der Waals surface area contributed by atoms with Crippen molar-refractivity contribution in [3.63, 3.8) is 0 Å². The number of ether oxygens (including phenoxy) is 2. The Hall–Kier alpha value is -3.39. The molecule has 29 heavy (non-hydrogen) atoms. The van der Waals surface area contributed by atoms with Gasteiger partial charge >= 0.3 is 6.03 Å². The average Bonchev–Trinajstić information content (AvgIpc) is 2.70. The molecule has 0 aromatic heterocycles. The number of barbiturate groups is 1. The number of anilines is 1. The van der Waals surface area contributed by atoms with Crippen LogP contribution in [0.2, 0.25) is 0 Å². The number of nitrogens with one attached hydrogen (secondary N) is 1. The Bertz CT molecular complexity index is 1020. The van der Waals surface area contributed by atoms with Crippen LogP contribution in [0, 0.1) is 0 Å². The number of halogens is 1. The van der Waals surface area contributed by atoms with Crippen LogP contribution in [0.4, 0.5) is 10.5 Å². The quantitative estimate of drug-likeness (QED) is 0.407. The molecule has 1 saturated heterocycles. The monoisotopic (exact) mass is 456 g/mol. The van der Waals surface area contributed by atoms with Gasteiger partial charge in [0, 0.05) is 0 Å². The van der Waals surface area contributed by atoms with Crippen LogP contribution in [0.3, 0.4) is 0 Å². The van der Waals surface area contributed by atoms with E-state index in [1.54, 1.807) is 48.5 Å². The second-order valence-electron chi connectivity index (χ2n) is 5.93. The number of carbonyl (C=O) groups excluding carboxylic acids is 3. The highest BCUT2D eigenvalue weighted by Crippen LogP contribution is 2.37. The molecule has 1 aliphatic rings. The van der Waals surface area contributed by atoms with Gasteiger partial charge in [-0.25, -0.2) is 9.69 Å². The summed E-state index contributed by atoms with van der Waals surface area (Å²) in [4.78, 5) is 38.3. The van der Waals surface area contributed by atoms with Crippen LogP contribution in [0.15, 0.2) is 65.2 Å². The fourth-order valence-corrected chi connectivity index (χ4v) is 3.32.